The molecule has 0 fully saturated rings. The van der Waals surface area contributed by atoms with Crippen molar-refractivity contribution in [3.63, 3.8) is 0 Å². The molecule has 0 aromatic heterocycles. The molecule has 0 bridgehead atoms. The number of rotatable bonds is 3. The van der Waals surface area contributed by atoms with Crippen LogP contribution in [0.5, 0.6) is 0 Å². The number of hydrogen-bond acceptors (Lipinski definition) is 1. The Morgan fingerprint density at radius 3 is 2.79 bits per heavy atom. The number of hydrogen-bond donors (Lipinski definition) is 1. The van der Waals surface area contributed by atoms with E-state index in [9.17, 15) is 4.79 Å². The van der Waals surface area contributed by atoms with Crippen molar-refractivity contribution < 1.29 is 4.79 Å². The molecule has 0 aliphatic heterocycles. The zero-order chi connectivity index (χ0) is 10.6. The monoisotopic (exact) mass is 211 g/mol. The van der Waals surface area contributed by atoms with Gasteiger partial charge in [0.25, 0.3) is 5.91 Å². The summed E-state index contributed by atoms with van der Waals surface area (Å²) in [6.45, 7) is 4.64. The maximum absolute atomic E-state index is 11.5. The van der Waals surface area contributed by atoms with Gasteiger partial charge in [0.1, 0.15) is 0 Å². The number of aryl methyl sites for hydroxylation is 1. The fourth-order valence-electron chi connectivity index (χ4n) is 1.14. The van der Waals surface area contributed by atoms with E-state index in [0.29, 0.717) is 17.1 Å². The zero-order valence-corrected chi connectivity index (χ0v) is 9.19. The van der Waals surface area contributed by atoms with E-state index in [2.05, 4.69) is 5.32 Å². The first-order valence-corrected chi connectivity index (χ1v) is 5.07. The number of halogens is 1. The molecule has 0 unspecified atom stereocenters. The average molecular weight is 212 g/mol. The SMILES string of the molecule is CCCNC(=O)c1ccc(C)cc1Cl. The van der Waals surface area contributed by atoms with Crippen LogP contribution < -0.4 is 5.32 Å². The summed E-state index contributed by atoms with van der Waals surface area (Å²) in [6, 6.07) is 5.43. The van der Waals surface area contributed by atoms with Gasteiger partial charge in [-0.25, -0.2) is 0 Å². The quantitative estimate of drug-likeness (QED) is 0.819. The highest BCUT2D eigenvalue weighted by molar-refractivity contribution is 6.33. The lowest BCUT2D eigenvalue weighted by Gasteiger charge is -2.05. The van der Waals surface area contributed by atoms with Gasteiger partial charge < -0.3 is 5.32 Å². The Balaban J connectivity index is 2.80. The van der Waals surface area contributed by atoms with Crippen LogP contribution in [-0.4, -0.2) is 12.5 Å². The molecule has 0 aliphatic carbocycles. The van der Waals surface area contributed by atoms with Crippen molar-refractivity contribution in [3.05, 3.63) is 34.3 Å². The Kier molecular flexibility index (Phi) is 3.96. The van der Waals surface area contributed by atoms with Crippen molar-refractivity contribution in [1.29, 1.82) is 0 Å². The van der Waals surface area contributed by atoms with Gasteiger partial charge >= 0.3 is 0 Å². The Morgan fingerprint density at radius 2 is 2.21 bits per heavy atom. The van der Waals surface area contributed by atoms with E-state index in [-0.39, 0.29) is 5.91 Å². The van der Waals surface area contributed by atoms with Gasteiger partial charge in [0.2, 0.25) is 0 Å². The van der Waals surface area contributed by atoms with Crippen molar-refractivity contribution in [2.45, 2.75) is 20.3 Å². The fourth-order valence-corrected chi connectivity index (χ4v) is 1.46. The van der Waals surface area contributed by atoms with Gasteiger partial charge in [0, 0.05) is 6.54 Å². The van der Waals surface area contributed by atoms with Crippen molar-refractivity contribution in [1.82, 2.24) is 5.32 Å². The molecule has 76 valence electrons. The van der Waals surface area contributed by atoms with Crippen LogP contribution in [0, 0.1) is 6.92 Å². The summed E-state index contributed by atoms with van der Waals surface area (Å²) in [7, 11) is 0. The molecule has 0 radical (unpaired) electrons. The zero-order valence-electron chi connectivity index (χ0n) is 8.43. The molecule has 2 nitrogen and oxygen atoms in total. The molecule has 3 heteroatoms. The van der Waals surface area contributed by atoms with Crippen molar-refractivity contribution in [3.8, 4) is 0 Å². The van der Waals surface area contributed by atoms with E-state index in [0.717, 1.165) is 12.0 Å². The topological polar surface area (TPSA) is 29.1 Å². The summed E-state index contributed by atoms with van der Waals surface area (Å²) in [6.07, 6.45) is 0.926. The predicted octanol–water partition coefficient (Wildman–Crippen LogP) is 2.79. The van der Waals surface area contributed by atoms with Gasteiger partial charge in [0.15, 0.2) is 0 Å². The second-order valence-electron chi connectivity index (χ2n) is 3.24. The molecule has 0 saturated heterocycles. The first-order chi connectivity index (χ1) is 6.65. The molecular weight excluding hydrogens is 198 g/mol. The van der Waals surface area contributed by atoms with Gasteiger partial charge in [-0.3, -0.25) is 4.79 Å². The van der Waals surface area contributed by atoms with Crippen LogP contribution in [0.15, 0.2) is 18.2 Å². The Labute approximate surface area is 89.3 Å². The summed E-state index contributed by atoms with van der Waals surface area (Å²) >= 11 is 5.94. The largest absolute Gasteiger partial charge is 0.352 e. The van der Waals surface area contributed by atoms with E-state index in [4.69, 9.17) is 11.6 Å². The molecule has 1 N–H and O–H groups in total. The minimum absolute atomic E-state index is 0.100. The Hall–Kier alpha value is -1.02. The minimum atomic E-state index is -0.100. The van der Waals surface area contributed by atoms with Crippen LogP contribution in [0.1, 0.15) is 29.3 Å². The maximum Gasteiger partial charge on any atom is 0.252 e. The molecule has 0 saturated carbocycles. The maximum atomic E-state index is 11.5. The number of nitrogens with one attached hydrogen (secondary N) is 1. The van der Waals surface area contributed by atoms with Crippen LogP contribution in [0.4, 0.5) is 0 Å². The summed E-state index contributed by atoms with van der Waals surface area (Å²) in [5.74, 6) is -0.100. The third kappa shape index (κ3) is 2.74. The molecule has 1 rings (SSSR count). The summed E-state index contributed by atoms with van der Waals surface area (Å²) in [4.78, 5) is 11.5. The predicted molar refractivity (Wildman–Crippen MR) is 58.8 cm³/mol. The second kappa shape index (κ2) is 5.01. The van der Waals surface area contributed by atoms with Gasteiger partial charge in [-0.2, -0.15) is 0 Å². The Morgan fingerprint density at radius 1 is 1.50 bits per heavy atom. The second-order valence-corrected chi connectivity index (χ2v) is 3.65. The number of amides is 1. The first kappa shape index (κ1) is 11.1. The highest BCUT2D eigenvalue weighted by Gasteiger charge is 2.08. The number of benzene rings is 1. The summed E-state index contributed by atoms with van der Waals surface area (Å²) in [5, 5.41) is 3.30. The van der Waals surface area contributed by atoms with Crippen LogP contribution in [-0.2, 0) is 0 Å². The lowest BCUT2D eigenvalue weighted by atomic mass is 10.1. The number of carbonyl (C=O) groups is 1. The molecule has 1 aromatic rings. The van der Waals surface area contributed by atoms with E-state index >= 15 is 0 Å². The molecule has 1 amide bonds. The smallest absolute Gasteiger partial charge is 0.252 e. The highest BCUT2D eigenvalue weighted by atomic mass is 35.5. The van der Waals surface area contributed by atoms with Gasteiger partial charge in [0.05, 0.1) is 10.6 Å². The molecule has 0 atom stereocenters. The lowest BCUT2D eigenvalue weighted by Crippen LogP contribution is -2.24. The van der Waals surface area contributed by atoms with Gasteiger partial charge in [-0.1, -0.05) is 24.6 Å². The van der Waals surface area contributed by atoms with Crippen LogP contribution in [0.25, 0.3) is 0 Å². The molecule has 0 spiro atoms. The molecule has 0 heterocycles. The molecule has 0 aliphatic rings. The first-order valence-electron chi connectivity index (χ1n) is 4.69. The lowest BCUT2D eigenvalue weighted by molar-refractivity contribution is 0.0954. The third-order valence-electron chi connectivity index (χ3n) is 1.90. The van der Waals surface area contributed by atoms with Crippen LogP contribution in [0.3, 0.4) is 0 Å². The standard InChI is InChI=1S/C11H14ClNO/c1-3-6-13-11(14)9-5-4-8(2)7-10(9)12/h4-5,7H,3,6H2,1-2H3,(H,13,14). The van der Waals surface area contributed by atoms with Crippen LogP contribution >= 0.6 is 11.6 Å². The van der Waals surface area contributed by atoms with Crippen LogP contribution in [0.2, 0.25) is 5.02 Å². The minimum Gasteiger partial charge on any atom is -0.352 e. The Bertz CT molecular complexity index is 336. The van der Waals surface area contributed by atoms with E-state index < -0.39 is 0 Å². The van der Waals surface area contributed by atoms with Crippen molar-refractivity contribution in [2.24, 2.45) is 0 Å². The molecular formula is C11H14ClNO. The van der Waals surface area contributed by atoms with Gasteiger partial charge in [-0.05, 0) is 31.0 Å². The van der Waals surface area contributed by atoms with E-state index in [1.807, 2.05) is 19.9 Å². The summed E-state index contributed by atoms with van der Waals surface area (Å²) < 4.78 is 0. The molecule has 14 heavy (non-hydrogen) atoms. The van der Waals surface area contributed by atoms with Crippen molar-refractivity contribution >= 4 is 17.5 Å². The third-order valence-corrected chi connectivity index (χ3v) is 2.22. The number of carbonyl (C=O) groups excluding carboxylic acids is 1. The molecule has 1 aromatic carbocycles. The summed E-state index contributed by atoms with van der Waals surface area (Å²) in [5.41, 5.74) is 1.60. The normalized spacial score (nSPS) is 9.93. The average Bonchev–Trinajstić information content (AvgIpc) is 2.14. The van der Waals surface area contributed by atoms with Gasteiger partial charge in [-0.15, -0.1) is 0 Å². The fraction of sp³-hybridized carbons (Fsp3) is 0.364. The van der Waals surface area contributed by atoms with E-state index in [1.54, 1.807) is 12.1 Å². The highest BCUT2D eigenvalue weighted by Crippen LogP contribution is 2.17. The van der Waals surface area contributed by atoms with Crippen molar-refractivity contribution in [2.75, 3.05) is 6.54 Å². The van der Waals surface area contributed by atoms with E-state index in [1.165, 1.54) is 0 Å².